The summed E-state index contributed by atoms with van der Waals surface area (Å²) in [6.07, 6.45) is 20.1. The highest BCUT2D eigenvalue weighted by Gasteiger charge is 2.23. The Morgan fingerprint density at radius 1 is 0.604 bits per heavy atom. The Hall–Kier alpha value is -6.38. The van der Waals surface area contributed by atoms with Crippen molar-refractivity contribution in [1.29, 1.82) is 0 Å². The van der Waals surface area contributed by atoms with Crippen molar-refractivity contribution in [2.45, 2.75) is 32.6 Å². The van der Waals surface area contributed by atoms with Crippen LogP contribution in [0.1, 0.15) is 53.3 Å². The Morgan fingerprint density at radius 3 is 1.94 bits per heavy atom. The molecule has 1 N–H and O–H groups in total. The van der Waals surface area contributed by atoms with Crippen molar-refractivity contribution in [1.82, 2.24) is 9.38 Å². The topological polar surface area (TPSA) is 20.2 Å². The molecule has 2 aliphatic carbocycles. The fraction of sp³-hybridized carbons (Fsp3) is 0.0980. The van der Waals surface area contributed by atoms with Gasteiger partial charge in [0.05, 0.1) is 16.7 Å². The Balaban J connectivity index is 1.30. The van der Waals surface area contributed by atoms with Crippen LogP contribution in [-0.4, -0.2) is 9.38 Å². The zero-order chi connectivity index (χ0) is 35.2. The smallest absolute Gasteiger partial charge is 0.0633 e. The van der Waals surface area contributed by atoms with Gasteiger partial charge in [-0.05, 0) is 130 Å². The predicted molar refractivity (Wildman–Crippen MR) is 230 cm³/mol. The molecule has 0 aliphatic heterocycles. The van der Waals surface area contributed by atoms with Crippen molar-refractivity contribution >= 4 is 84.1 Å². The molecule has 0 amide bonds. The molecular formula is C51H38N2. The van der Waals surface area contributed by atoms with Crippen molar-refractivity contribution in [3.8, 4) is 22.3 Å². The number of hydrogen-bond acceptors (Lipinski definition) is 0. The minimum atomic E-state index is 1.11. The Kier molecular flexibility index (Phi) is 6.60. The highest BCUT2D eigenvalue weighted by molar-refractivity contribution is 6.34. The number of H-pyrrole nitrogens is 1. The molecule has 2 nitrogen and oxygen atoms in total. The Morgan fingerprint density at radius 2 is 1.23 bits per heavy atom. The molecule has 11 rings (SSSR count). The van der Waals surface area contributed by atoms with Crippen LogP contribution in [0.2, 0.25) is 0 Å². The highest BCUT2D eigenvalue weighted by atomic mass is 14.9. The Labute approximate surface area is 308 Å². The fourth-order valence-corrected chi connectivity index (χ4v) is 9.37. The number of hydrogen-bond donors (Lipinski definition) is 1. The van der Waals surface area contributed by atoms with Gasteiger partial charge in [-0.1, -0.05) is 110 Å². The van der Waals surface area contributed by atoms with Gasteiger partial charge in [-0.25, -0.2) is 0 Å². The van der Waals surface area contributed by atoms with Crippen molar-refractivity contribution in [3.05, 3.63) is 161 Å². The quantitative estimate of drug-likeness (QED) is 0.179. The molecule has 0 radical (unpaired) electrons. The lowest BCUT2D eigenvalue weighted by atomic mass is 9.88. The van der Waals surface area contributed by atoms with E-state index in [2.05, 4.69) is 169 Å². The second-order valence-corrected chi connectivity index (χ2v) is 14.8. The molecule has 6 aromatic carbocycles. The molecule has 3 aromatic heterocycles. The fourth-order valence-electron chi connectivity index (χ4n) is 9.37. The van der Waals surface area contributed by atoms with E-state index in [-0.39, 0.29) is 0 Å². The minimum absolute atomic E-state index is 1.11. The second-order valence-electron chi connectivity index (χ2n) is 14.8. The van der Waals surface area contributed by atoms with E-state index < -0.39 is 0 Å². The van der Waals surface area contributed by atoms with Gasteiger partial charge in [-0.15, -0.1) is 0 Å². The summed E-state index contributed by atoms with van der Waals surface area (Å²) in [4.78, 5) is 3.96. The standard InChI is InChI=1S/C51H38N2/c1-3-11-39-43-30-44-40-24-22-38(36-21-19-32-13-6-8-15-34(32)27-36)29-48(40)53(47(39)4-2)51-49(44)41-16-9-10-17-45(41)52-46-28-37(23-25-42(46)50(43)51)35-20-18-31-12-5-7-14-33(31)26-35/h3-4,7-11,14-30,52H,2,5-6,12-13H2,1H3/b11-3-. The van der Waals surface area contributed by atoms with Gasteiger partial charge in [0.25, 0.3) is 0 Å². The summed E-state index contributed by atoms with van der Waals surface area (Å²) in [5.74, 6) is 0. The largest absolute Gasteiger partial charge is 0.354 e. The van der Waals surface area contributed by atoms with Gasteiger partial charge in [-0.2, -0.15) is 0 Å². The molecule has 5 bridgehead atoms. The number of rotatable bonds is 4. The van der Waals surface area contributed by atoms with Gasteiger partial charge in [0.15, 0.2) is 0 Å². The molecule has 53 heavy (non-hydrogen) atoms. The van der Waals surface area contributed by atoms with Crippen LogP contribution in [0.5, 0.6) is 0 Å². The van der Waals surface area contributed by atoms with Crippen LogP contribution in [0.3, 0.4) is 0 Å². The maximum atomic E-state index is 4.44. The summed E-state index contributed by atoms with van der Waals surface area (Å²) < 4.78 is 2.51. The zero-order valence-electron chi connectivity index (χ0n) is 29.8. The van der Waals surface area contributed by atoms with Crippen LogP contribution in [-0.2, 0) is 12.8 Å². The first-order valence-corrected chi connectivity index (χ1v) is 18.9. The number of aromatic amines is 1. The average molecular weight is 679 g/mol. The molecule has 3 heterocycles. The monoisotopic (exact) mass is 678 g/mol. The number of benzene rings is 6. The van der Waals surface area contributed by atoms with Crippen LogP contribution in [0.25, 0.3) is 106 Å². The third-order valence-electron chi connectivity index (χ3n) is 11.9. The van der Waals surface area contributed by atoms with E-state index in [1.54, 1.807) is 0 Å². The molecule has 2 heteroatoms. The van der Waals surface area contributed by atoms with Crippen molar-refractivity contribution in [3.63, 3.8) is 0 Å². The lowest BCUT2D eigenvalue weighted by molar-refractivity contribution is 0.986. The number of nitrogens with zero attached hydrogens (tertiary/aromatic N) is 1. The number of allylic oxidation sites excluding steroid dienone is 3. The maximum absolute atomic E-state index is 4.44. The molecule has 0 spiro atoms. The van der Waals surface area contributed by atoms with Gasteiger partial charge in [0.1, 0.15) is 0 Å². The summed E-state index contributed by atoms with van der Waals surface area (Å²) >= 11 is 0. The lowest BCUT2D eigenvalue weighted by Crippen LogP contribution is -2.05. The molecule has 0 saturated heterocycles. The van der Waals surface area contributed by atoms with Crippen LogP contribution < -0.4 is 0 Å². The van der Waals surface area contributed by atoms with E-state index in [0.29, 0.717) is 0 Å². The van der Waals surface area contributed by atoms with E-state index in [1.165, 1.54) is 98.8 Å². The molecule has 0 fully saturated rings. The van der Waals surface area contributed by atoms with E-state index in [9.17, 15) is 0 Å². The molecule has 9 aromatic rings. The van der Waals surface area contributed by atoms with Crippen LogP contribution in [0.15, 0.2) is 128 Å². The normalized spacial score (nSPS) is 14.1. The van der Waals surface area contributed by atoms with Crippen LogP contribution in [0, 0.1) is 0 Å². The van der Waals surface area contributed by atoms with Gasteiger partial charge in [0, 0.05) is 43.5 Å². The molecule has 0 atom stereocenters. The average Bonchev–Trinajstić information content (AvgIpc) is 3.20. The summed E-state index contributed by atoms with van der Waals surface area (Å²) in [7, 11) is 0. The summed E-state index contributed by atoms with van der Waals surface area (Å²) in [5.41, 5.74) is 17.4. The molecule has 0 unspecified atom stereocenters. The first-order chi connectivity index (χ1) is 26.2. The maximum Gasteiger partial charge on any atom is 0.0633 e. The number of pyridine rings is 2. The van der Waals surface area contributed by atoms with E-state index in [4.69, 9.17) is 0 Å². The SMILES string of the molecule is C=Cc1c(/C=C\C)c2cc3c4ccc(-c5ccc6c(c5)C=CCC6)cc4n1c1c2c2ccc(-c4ccc5c(c4)C=CCC5)cc2[nH]c2ccccc2c31. The van der Waals surface area contributed by atoms with Crippen LogP contribution >= 0.6 is 0 Å². The summed E-state index contributed by atoms with van der Waals surface area (Å²) in [6.45, 7) is 6.55. The highest BCUT2D eigenvalue weighted by Crippen LogP contribution is 2.46. The second kappa shape index (κ2) is 11.6. The number of nitrogens with one attached hydrogen (secondary N) is 1. The van der Waals surface area contributed by atoms with Crippen molar-refractivity contribution < 1.29 is 0 Å². The zero-order valence-corrected chi connectivity index (χ0v) is 29.8. The summed E-state index contributed by atoms with van der Waals surface area (Å²) in [5, 5.41) is 8.69. The van der Waals surface area contributed by atoms with E-state index >= 15 is 0 Å². The lowest BCUT2D eigenvalue weighted by Gasteiger charge is -2.24. The molecule has 252 valence electrons. The van der Waals surface area contributed by atoms with E-state index in [0.717, 1.165) is 42.4 Å². The van der Waals surface area contributed by atoms with Gasteiger partial charge in [0.2, 0.25) is 0 Å². The Bertz CT molecular complexity index is 3140. The van der Waals surface area contributed by atoms with Gasteiger partial charge in [-0.3, -0.25) is 0 Å². The third-order valence-corrected chi connectivity index (χ3v) is 11.9. The predicted octanol–water partition coefficient (Wildman–Crippen LogP) is 14.0. The van der Waals surface area contributed by atoms with E-state index in [1.807, 2.05) is 0 Å². The number of fused-ring (bicyclic) bond motifs is 7. The van der Waals surface area contributed by atoms with Crippen LogP contribution in [0.4, 0.5) is 0 Å². The van der Waals surface area contributed by atoms with Crippen molar-refractivity contribution in [2.75, 3.05) is 0 Å². The first kappa shape index (κ1) is 30.3. The molecule has 0 saturated carbocycles. The van der Waals surface area contributed by atoms with Gasteiger partial charge >= 0.3 is 0 Å². The van der Waals surface area contributed by atoms with Gasteiger partial charge < -0.3 is 9.38 Å². The summed E-state index contributed by atoms with van der Waals surface area (Å²) in [6, 6.07) is 39.3. The number of aryl methyl sites for hydroxylation is 2. The van der Waals surface area contributed by atoms with Crippen molar-refractivity contribution in [2.24, 2.45) is 0 Å². The third kappa shape index (κ3) is 4.45. The minimum Gasteiger partial charge on any atom is -0.354 e. The number of aromatic nitrogens is 2. The molecular weight excluding hydrogens is 641 g/mol. The number of para-hydroxylation sites is 1. The first-order valence-electron chi connectivity index (χ1n) is 18.9. The molecule has 2 aliphatic rings.